The second-order valence-electron chi connectivity index (χ2n) is 11.0. The Morgan fingerprint density at radius 1 is 1.16 bits per heavy atom. The predicted molar refractivity (Wildman–Crippen MR) is 139 cm³/mol. The van der Waals surface area contributed by atoms with Crippen LogP contribution in [0.15, 0.2) is 23.8 Å². The fourth-order valence-electron chi connectivity index (χ4n) is 6.89. The molecule has 1 aromatic carbocycles. The van der Waals surface area contributed by atoms with Crippen LogP contribution in [0.25, 0.3) is 0 Å². The van der Waals surface area contributed by atoms with Gasteiger partial charge in [0, 0.05) is 35.7 Å². The van der Waals surface area contributed by atoms with Crippen molar-refractivity contribution in [2.24, 2.45) is 5.92 Å². The Labute approximate surface area is 223 Å². The largest absolute Gasteiger partial charge is 0.493 e. The van der Waals surface area contributed by atoms with Crippen molar-refractivity contribution in [2.75, 3.05) is 20.3 Å². The Hall–Kier alpha value is -2.91. The first-order valence-electron chi connectivity index (χ1n) is 13.9. The van der Waals surface area contributed by atoms with E-state index >= 15 is 0 Å². The van der Waals surface area contributed by atoms with Crippen LogP contribution < -0.4 is 14.8 Å². The van der Waals surface area contributed by atoms with E-state index in [2.05, 4.69) is 5.32 Å². The molecule has 0 bridgehead atoms. The summed E-state index contributed by atoms with van der Waals surface area (Å²) in [5.41, 5.74) is 1.32. The Morgan fingerprint density at radius 3 is 2.53 bits per heavy atom. The standard InChI is InChI=1S/C29H38N2O7/c1-37-23-13-18(16-33)12-20-25-21(29(36)30-10-11-32)15-22(26(35)28(25)38-27(20)23)31(19-8-4-5-9-19)24(34)14-17-6-2-3-7-17/h12-13,15-17,19,22,25-26,28,32,35H,2-11,14H2,1H3,(H,30,36). The number of ether oxygens (including phenoxy) is 2. The number of methoxy groups -OCH3 is 1. The van der Waals surface area contributed by atoms with Gasteiger partial charge >= 0.3 is 0 Å². The molecule has 3 N–H and O–H groups in total. The molecular formula is C29H38N2O7. The van der Waals surface area contributed by atoms with Crippen LogP contribution in [-0.4, -0.2) is 77.8 Å². The molecule has 1 aromatic rings. The van der Waals surface area contributed by atoms with Gasteiger partial charge in [-0.3, -0.25) is 14.4 Å². The van der Waals surface area contributed by atoms with Gasteiger partial charge in [0.05, 0.1) is 25.7 Å². The summed E-state index contributed by atoms with van der Waals surface area (Å²) in [6, 6.07) is 2.50. The van der Waals surface area contributed by atoms with Gasteiger partial charge in [0.25, 0.3) is 0 Å². The number of nitrogens with zero attached hydrogens (tertiary/aromatic N) is 1. The molecule has 0 radical (unpaired) electrons. The molecule has 4 aliphatic rings. The zero-order valence-electron chi connectivity index (χ0n) is 21.9. The zero-order valence-corrected chi connectivity index (χ0v) is 21.9. The maximum Gasteiger partial charge on any atom is 0.247 e. The summed E-state index contributed by atoms with van der Waals surface area (Å²) in [6.07, 6.45) is 9.11. The fourth-order valence-corrected chi connectivity index (χ4v) is 6.89. The average molecular weight is 527 g/mol. The second-order valence-corrected chi connectivity index (χ2v) is 11.0. The van der Waals surface area contributed by atoms with E-state index in [0.717, 1.165) is 51.4 Å². The molecule has 9 heteroatoms. The van der Waals surface area contributed by atoms with Crippen molar-refractivity contribution in [3.8, 4) is 11.5 Å². The van der Waals surface area contributed by atoms with Gasteiger partial charge in [-0.05, 0) is 49.8 Å². The molecule has 1 heterocycles. The molecule has 2 saturated carbocycles. The summed E-state index contributed by atoms with van der Waals surface area (Å²) in [5.74, 6) is 0.0657. The van der Waals surface area contributed by atoms with E-state index in [1.165, 1.54) is 7.11 Å². The number of aldehydes is 1. The highest BCUT2D eigenvalue weighted by Gasteiger charge is 2.52. The normalized spacial score (nSPS) is 26.8. The number of amides is 2. The molecule has 2 amide bonds. The van der Waals surface area contributed by atoms with Crippen molar-refractivity contribution >= 4 is 18.1 Å². The first-order valence-corrected chi connectivity index (χ1v) is 13.9. The van der Waals surface area contributed by atoms with Crippen molar-refractivity contribution in [3.05, 3.63) is 34.9 Å². The first-order chi connectivity index (χ1) is 18.5. The third-order valence-corrected chi connectivity index (χ3v) is 8.68. The van der Waals surface area contributed by atoms with Crippen molar-refractivity contribution in [1.29, 1.82) is 0 Å². The molecule has 4 atom stereocenters. The second kappa shape index (κ2) is 11.5. The van der Waals surface area contributed by atoms with Crippen molar-refractivity contribution in [2.45, 2.75) is 88.0 Å². The number of carbonyl (C=O) groups excluding carboxylic acids is 3. The van der Waals surface area contributed by atoms with Crippen molar-refractivity contribution < 1.29 is 34.1 Å². The van der Waals surface area contributed by atoms with E-state index in [1.54, 1.807) is 18.2 Å². The third kappa shape index (κ3) is 4.94. The number of fused-ring (bicyclic) bond motifs is 3. The Morgan fingerprint density at radius 2 is 1.87 bits per heavy atom. The summed E-state index contributed by atoms with van der Waals surface area (Å²) in [5, 5.41) is 23.8. The van der Waals surface area contributed by atoms with Gasteiger partial charge in [0.1, 0.15) is 18.5 Å². The lowest BCUT2D eigenvalue weighted by molar-refractivity contribution is -0.141. The number of aliphatic hydroxyl groups excluding tert-OH is 2. The van der Waals surface area contributed by atoms with E-state index in [4.69, 9.17) is 9.47 Å². The topological polar surface area (TPSA) is 125 Å². The summed E-state index contributed by atoms with van der Waals surface area (Å²) < 4.78 is 11.8. The number of hydrogen-bond acceptors (Lipinski definition) is 7. The maximum absolute atomic E-state index is 13.8. The highest BCUT2D eigenvalue weighted by molar-refractivity contribution is 5.96. The zero-order chi connectivity index (χ0) is 26.8. The van der Waals surface area contributed by atoms with Gasteiger partial charge in [-0.1, -0.05) is 25.7 Å². The number of hydrogen-bond donors (Lipinski definition) is 3. The molecule has 4 unspecified atom stereocenters. The van der Waals surface area contributed by atoms with Crippen LogP contribution in [0.4, 0.5) is 0 Å². The van der Waals surface area contributed by atoms with Gasteiger partial charge < -0.3 is 29.9 Å². The summed E-state index contributed by atoms with van der Waals surface area (Å²) in [7, 11) is 1.48. The van der Waals surface area contributed by atoms with Crippen LogP contribution in [0.1, 0.15) is 79.6 Å². The van der Waals surface area contributed by atoms with Gasteiger partial charge in [-0.15, -0.1) is 0 Å². The van der Waals surface area contributed by atoms with Gasteiger partial charge in [-0.2, -0.15) is 0 Å². The average Bonchev–Trinajstić information content (AvgIpc) is 3.70. The molecule has 5 rings (SSSR count). The molecular weight excluding hydrogens is 488 g/mol. The van der Waals surface area contributed by atoms with E-state index in [9.17, 15) is 24.6 Å². The molecule has 0 spiro atoms. The number of nitrogens with one attached hydrogen (secondary N) is 1. The number of carbonyl (C=O) groups is 3. The third-order valence-electron chi connectivity index (χ3n) is 8.68. The Balaban J connectivity index is 1.56. The highest BCUT2D eigenvalue weighted by Crippen LogP contribution is 2.51. The molecule has 3 aliphatic carbocycles. The summed E-state index contributed by atoms with van der Waals surface area (Å²) in [4.78, 5) is 40.7. The van der Waals surface area contributed by atoms with Crippen LogP contribution in [0.3, 0.4) is 0 Å². The summed E-state index contributed by atoms with van der Waals surface area (Å²) >= 11 is 0. The first kappa shape index (κ1) is 26.7. The van der Waals surface area contributed by atoms with E-state index < -0.39 is 30.1 Å². The minimum absolute atomic E-state index is 0.00177. The molecule has 9 nitrogen and oxygen atoms in total. The van der Waals surface area contributed by atoms with Gasteiger partial charge in [0.15, 0.2) is 11.5 Å². The summed E-state index contributed by atoms with van der Waals surface area (Å²) in [6.45, 7) is -0.150. The SMILES string of the molecule is COc1cc(C=O)cc2c1OC1C2C(C(=O)NCCO)=CC(N(C(=O)CC2CCCC2)C2CCCC2)C1O. The minimum Gasteiger partial charge on any atom is -0.493 e. The Kier molecular flexibility index (Phi) is 8.04. The van der Waals surface area contributed by atoms with E-state index in [1.807, 2.05) is 4.90 Å². The van der Waals surface area contributed by atoms with Gasteiger partial charge in [-0.25, -0.2) is 0 Å². The predicted octanol–water partition coefficient (Wildman–Crippen LogP) is 2.48. The molecule has 206 valence electrons. The van der Waals surface area contributed by atoms with E-state index in [-0.39, 0.29) is 25.1 Å². The van der Waals surface area contributed by atoms with Crippen LogP contribution in [0, 0.1) is 5.92 Å². The molecule has 2 fully saturated rings. The van der Waals surface area contributed by atoms with Crippen molar-refractivity contribution in [3.63, 3.8) is 0 Å². The fraction of sp³-hybridized carbons (Fsp3) is 0.621. The van der Waals surface area contributed by atoms with Crippen LogP contribution in [-0.2, 0) is 9.59 Å². The number of rotatable bonds is 9. The minimum atomic E-state index is -1.08. The molecule has 0 saturated heterocycles. The molecule has 38 heavy (non-hydrogen) atoms. The van der Waals surface area contributed by atoms with Crippen LogP contribution >= 0.6 is 0 Å². The van der Waals surface area contributed by atoms with Gasteiger partial charge in [0.2, 0.25) is 11.8 Å². The van der Waals surface area contributed by atoms with E-state index in [0.29, 0.717) is 46.8 Å². The lowest BCUT2D eigenvalue weighted by Gasteiger charge is -2.43. The lowest BCUT2D eigenvalue weighted by atomic mass is 9.76. The van der Waals surface area contributed by atoms with Crippen LogP contribution in [0.5, 0.6) is 11.5 Å². The maximum atomic E-state index is 13.8. The smallest absolute Gasteiger partial charge is 0.247 e. The highest BCUT2D eigenvalue weighted by atomic mass is 16.5. The molecule has 0 aromatic heterocycles. The van der Waals surface area contributed by atoms with Crippen LogP contribution in [0.2, 0.25) is 0 Å². The number of aliphatic hydroxyl groups is 2. The quantitative estimate of drug-likeness (QED) is 0.422. The lowest BCUT2D eigenvalue weighted by Crippen LogP contribution is -2.58. The molecule has 1 aliphatic heterocycles. The van der Waals surface area contributed by atoms with Crippen molar-refractivity contribution in [1.82, 2.24) is 10.2 Å². The monoisotopic (exact) mass is 526 g/mol. The number of benzene rings is 1. The Bertz CT molecular complexity index is 1090.